The minimum Gasteiger partial charge on any atom is -0.476 e. The highest BCUT2D eigenvalue weighted by atomic mass is 19.3. The van der Waals surface area contributed by atoms with Crippen LogP contribution >= 0.6 is 0 Å². The number of alkyl halides is 2. The van der Waals surface area contributed by atoms with Gasteiger partial charge in [0.05, 0.1) is 6.54 Å². The molecule has 0 atom stereocenters. The van der Waals surface area contributed by atoms with E-state index in [4.69, 9.17) is 5.11 Å². The number of anilines is 1. The number of nitrogens with one attached hydrogen (secondary N) is 1. The second-order valence-corrected chi connectivity index (χ2v) is 2.38. The minimum atomic E-state index is -2.49. The molecule has 1 rings (SSSR count). The van der Waals surface area contributed by atoms with Crippen LogP contribution in [0.4, 0.5) is 14.6 Å². The summed E-state index contributed by atoms with van der Waals surface area (Å²) in [5.74, 6) is -1.09. The fraction of sp³-hybridized carbons (Fsp3) is 0.286. The predicted molar refractivity (Wildman–Crippen MR) is 43.5 cm³/mol. The molecular weight excluding hydrogens is 196 g/mol. The van der Waals surface area contributed by atoms with E-state index >= 15 is 0 Å². The zero-order valence-electron chi connectivity index (χ0n) is 6.94. The van der Waals surface area contributed by atoms with Crippen LogP contribution in [0.3, 0.4) is 0 Å². The van der Waals surface area contributed by atoms with E-state index in [0.29, 0.717) is 0 Å². The largest absolute Gasteiger partial charge is 0.476 e. The topological polar surface area (TPSA) is 75.1 Å². The monoisotopic (exact) mass is 203 g/mol. The van der Waals surface area contributed by atoms with Gasteiger partial charge < -0.3 is 10.4 Å². The van der Waals surface area contributed by atoms with Crippen LogP contribution in [-0.4, -0.2) is 34.2 Å². The smallest absolute Gasteiger partial charge is 0.356 e. The molecule has 0 aliphatic carbocycles. The third-order valence-electron chi connectivity index (χ3n) is 1.32. The Morgan fingerprint density at radius 3 is 2.64 bits per heavy atom. The molecule has 0 unspecified atom stereocenters. The molecule has 14 heavy (non-hydrogen) atoms. The van der Waals surface area contributed by atoms with Crippen molar-refractivity contribution in [2.75, 3.05) is 11.9 Å². The Bertz CT molecular complexity index is 315. The van der Waals surface area contributed by atoms with E-state index < -0.39 is 18.9 Å². The molecule has 0 aromatic carbocycles. The van der Waals surface area contributed by atoms with Gasteiger partial charge in [0.2, 0.25) is 0 Å². The summed E-state index contributed by atoms with van der Waals surface area (Å²) in [5.41, 5.74) is -0.229. The highest BCUT2D eigenvalue weighted by molar-refractivity contribution is 5.85. The maximum atomic E-state index is 11.7. The van der Waals surface area contributed by atoms with Crippen LogP contribution in [0, 0.1) is 0 Å². The molecule has 7 heteroatoms. The molecule has 1 aromatic rings. The highest BCUT2D eigenvalue weighted by Crippen LogP contribution is 2.03. The van der Waals surface area contributed by atoms with Gasteiger partial charge in [0, 0.05) is 0 Å². The fourth-order valence-electron chi connectivity index (χ4n) is 0.722. The molecule has 5 nitrogen and oxygen atoms in total. The second-order valence-electron chi connectivity index (χ2n) is 2.38. The first-order chi connectivity index (χ1) is 6.59. The van der Waals surface area contributed by atoms with Crippen LogP contribution in [0.15, 0.2) is 12.1 Å². The first-order valence-corrected chi connectivity index (χ1v) is 3.68. The van der Waals surface area contributed by atoms with Crippen molar-refractivity contribution in [3.05, 3.63) is 17.8 Å². The lowest BCUT2D eigenvalue weighted by molar-refractivity contribution is 0.0689. The molecule has 1 aromatic heterocycles. The van der Waals surface area contributed by atoms with Crippen molar-refractivity contribution in [1.82, 2.24) is 10.2 Å². The molecule has 0 aliphatic heterocycles. The number of carboxylic acid groups (broad SMARTS) is 1. The van der Waals surface area contributed by atoms with E-state index in [9.17, 15) is 13.6 Å². The van der Waals surface area contributed by atoms with Gasteiger partial charge in [0.1, 0.15) is 5.82 Å². The highest BCUT2D eigenvalue weighted by Gasteiger charge is 2.06. The van der Waals surface area contributed by atoms with Crippen molar-refractivity contribution in [2.24, 2.45) is 0 Å². The van der Waals surface area contributed by atoms with Crippen molar-refractivity contribution in [2.45, 2.75) is 6.43 Å². The molecule has 0 aliphatic rings. The maximum absolute atomic E-state index is 11.7. The van der Waals surface area contributed by atoms with E-state index in [2.05, 4.69) is 15.5 Å². The molecule has 0 saturated heterocycles. The van der Waals surface area contributed by atoms with Crippen LogP contribution in [0.25, 0.3) is 0 Å². The van der Waals surface area contributed by atoms with Gasteiger partial charge in [-0.2, -0.15) is 0 Å². The zero-order valence-corrected chi connectivity index (χ0v) is 6.94. The lowest BCUT2D eigenvalue weighted by Gasteiger charge is -2.02. The molecule has 0 bridgehead atoms. The lowest BCUT2D eigenvalue weighted by atomic mass is 10.4. The summed E-state index contributed by atoms with van der Waals surface area (Å²) in [6.07, 6.45) is -2.49. The summed E-state index contributed by atoms with van der Waals surface area (Å²) in [4.78, 5) is 10.3. The second kappa shape index (κ2) is 4.45. The minimum absolute atomic E-state index is 0.121. The van der Waals surface area contributed by atoms with Gasteiger partial charge in [-0.25, -0.2) is 13.6 Å². The Balaban J connectivity index is 2.60. The summed E-state index contributed by atoms with van der Waals surface area (Å²) < 4.78 is 23.4. The number of carbonyl (C=O) groups is 1. The third kappa shape index (κ3) is 2.92. The number of rotatable bonds is 4. The predicted octanol–water partition coefficient (Wildman–Crippen LogP) is 0.852. The quantitative estimate of drug-likeness (QED) is 0.758. The number of carboxylic acids is 1. The molecule has 0 amide bonds. The van der Waals surface area contributed by atoms with Gasteiger partial charge in [-0.1, -0.05) is 0 Å². The van der Waals surface area contributed by atoms with Crippen molar-refractivity contribution in [3.63, 3.8) is 0 Å². The summed E-state index contributed by atoms with van der Waals surface area (Å²) in [6, 6.07) is 2.46. The van der Waals surface area contributed by atoms with Gasteiger partial charge in [-0.3, -0.25) is 0 Å². The number of aromatic carboxylic acids is 1. The van der Waals surface area contributed by atoms with Gasteiger partial charge in [0.15, 0.2) is 5.69 Å². The van der Waals surface area contributed by atoms with Gasteiger partial charge in [0.25, 0.3) is 6.43 Å². The number of nitrogens with zero attached hydrogens (tertiary/aromatic N) is 2. The molecule has 1 heterocycles. The summed E-state index contributed by atoms with van der Waals surface area (Å²) >= 11 is 0. The molecule has 0 saturated carbocycles. The van der Waals surface area contributed by atoms with Crippen LogP contribution < -0.4 is 5.32 Å². The van der Waals surface area contributed by atoms with Gasteiger partial charge in [-0.05, 0) is 12.1 Å². The zero-order chi connectivity index (χ0) is 10.6. The van der Waals surface area contributed by atoms with Crippen LogP contribution in [0.1, 0.15) is 10.5 Å². The SMILES string of the molecule is O=C(O)c1ccc(NCC(F)F)nn1. The Morgan fingerprint density at radius 2 is 2.21 bits per heavy atom. The van der Waals surface area contributed by atoms with E-state index in [1.165, 1.54) is 12.1 Å². The Labute approximate surface area is 77.8 Å². The average Bonchev–Trinajstić information content (AvgIpc) is 2.15. The van der Waals surface area contributed by atoms with Crippen LogP contribution in [-0.2, 0) is 0 Å². The Morgan fingerprint density at radius 1 is 1.50 bits per heavy atom. The summed E-state index contributed by atoms with van der Waals surface area (Å²) in [6.45, 7) is -0.541. The average molecular weight is 203 g/mol. The van der Waals surface area contributed by atoms with Crippen molar-refractivity contribution < 1.29 is 18.7 Å². The number of halogens is 2. The number of hydrogen-bond donors (Lipinski definition) is 2. The standard InChI is InChI=1S/C7H7F2N3O2/c8-5(9)3-10-6-2-1-4(7(13)14)11-12-6/h1-2,5H,3H2,(H,10,12)(H,13,14). The van der Waals surface area contributed by atoms with Crippen LogP contribution in [0.2, 0.25) is 0 Å². The molecule has 0 spiro atoms. The third-order valence-corrected chi connectivity index (χ3v) is 1.32. The van der Waals surface area contributed by atoms with E-state index in [1.807, 2.05) is 0 Å². The first kappa shape index (κ1) is 10.3. The lowest BCUT2D eigenvalue weighted by Crippen LogP contribution is -2.12. The Kier molecular flexibility index (Phi) is 3.27. The van der Waals surface area contributed by atoms with Crippen molar-refractivity contribution >= 4 is 11.8 Å². The number of hydrogen-bond acceptors (Lipinski definition) is 4. The molecular formula is C7H7F2N3O2. The Hall–Kier alpha value is -1.79. The van der Waals surface area contributed by atoms with Crippen molar-refractivity contribution in [1.29, 1.82) is 0 Å². The van der Waals surface area contributed by atoms with E-state index in [1.54, 1.807) is 0 Å². The fourth-order valence-corrected chi connectivity index (χ4v) is 0.722. The maximum Gasteiger partial charge on any atom is 0.356 e. The summed E-state index contributed by atoms with van der Waals surface area (Å²) in [5, 5.41) is 17.4. The van der Waals surface area contributed by atoms with Crippen molar-refractivity contribution in [3.8, 4) is 0 Å². The van der Waals surface area contributed by atoms with E-state index in [0.717, 1.165) is 0 Å². The molecule has 76 valence electrons. The normalized spacial score (nSPS) is 10.2. The molecule has 0 radical (unpaired) electrons. The molecule has 2 N–H and O–H groups in total. The van der Waals surface area contributed by atoms with Crippen LogP contribution in [0.5, 0.6) is 0 Å². The van der Waals surface area contributed by atoms with E-state index in [-0.39, 0.29) is 11.5 Å². The first-order valence-electron chi connectivity index (χ1n) is 3.68. The summed E-state index contributed by atoms with van der Waals surface area (Å²) in [7, 11) is 0. The molecule has 0 fully saturated rings. The van der Waals surface area contributed by atoms with Gasteiger partial charge >= 0.3 is 5.97 Å². The number of aromatic nitrogens is 2. The van der Waals surface area contributed by atoms with Gasteiger partial charge in [-0.15, -0.1) is 10.2 Å².